The van der Waals surface area contributed by atoms with Crippen LogP contribution >= 0.6 is 24.0 Å². The van der Waals surface area contributed by atoms with E-state index in [1.54, 1.807) is 7.05 Å². The molecule has 0 aromatic heterocycles. The summed E-state index contributed by atoms with van der Waals surface area (Å²) < 4.78 is 12.2. The third-order valence-corrected chi connectivity index (χ3v) is 5.27. The summed E-state index contributed by atoms with van der Waals surface area (Å²) in [7, 11) is 1.69. The molecule has 2 aromatic carbocycles. The molecule has 3 rings (SSSR count). The van der Waals surface area contributed by atoms with Crippen LogP contribution < -0.4 is 9.47 Å². The molecule has 1 amide bonds. The van der Waals surface area contributed by atoms with Crippen LogP contribution in [0.5, 0.6) is 11.5 Å². The Balaban J connectivity index is 1.80. The van der Waals surface area contributed by atoms with Crippen molar-refractivity contribution in [2.24, 2.45) is 0 Å². The first-order valence-corrected chi connectivity index (χ1v) is 9.46. The number of hydrogen-bond donors (Lipinski definition) is 0. The molecule has 1 aliphatic rings. The van der Waals surface area contributed by atoms with E-state index < -0.39 is 0 Å². The first kappa shape index (κ1) is 18.5. The molecule has 1 aliphatic heterocycles. The molecule has 0 aliphatic carbocycles. The predicted octanol–water partition coefficient (Wildman–Crippen LogP) is 4.50. The van der Waals surface area contributed by atoms with Crippen molar-refractivity contribution < 1.29 is 14.3 Å². The van der Waals surface area contributed by atoms with Gasteiger partial charge in [0.2, 0.25) is 0 Å². The number of nitrogens with zero attached hydrogens (tertiary/aromatic N) is 1. The summed E-state index contributed by atoms with van der Waals surface area (Å²) in [5, 5.41) is 0. The molecule has 1 heterocycles. The Morgan fingerprint density at radius 2 is 1.88 bits per heavy atom. The van der Waals surface area contributed by atoms with Gasteiger partial charge in [-0.3, -0.25) is 9.69 Å². The number of thioether (sulfide) groups is 1. The third kappa shape index (κ3) is 4.26. The molecule has 1 fully saturated rings. The van der Waals surface area contributed by atoms with Crippen LogP contribution in [-0.4, -0.2) is 28.8 Å². The van der Waals surface area contributed by atoms with Crippen molar-refractivity contribution in [3.8, 4) is 11.5 Å². The zero-order valence-electron chi connectivity index (χ0n) is 14.6. The fraction of sp³-hybridized carbons (Fsp3) is 0.200. The average Bonchev–Trinajstić information content (AvgIpc) is 2.89. The summed E-state index contributed by atoms with van der Waals surface area (Å²) >= 11 is 6.47. The van der Waals surface area contributed by atoms with Crippen molar-refractivity contribution in [1.82, 2.24) is 4.90 Å². The summed E-state index contributed by atoms with van der Waals surface area (Å²) in [5.74, 6) is 1.25. The normalized spacial score (nSPS) is 15.6. The summed E-state index contributed by atoms with van der Waals surface area (Å²) in [4.78, 5) is 14.2. The van der Waals surface area contributed by atoms with Crippen molar-refractivity contribution in [2.45, 2.75) is 13.5 Å². The van der Waals surface area contributed by atoms with E-state index in [0.29, 0.717) is 33.9 Å². The van der Waals surface area contributed by atoms with E-state index in [1.165, 1.54) is 16.7 Å². The maximum atomic E-state index is 12.2. The van der Waals surface area contributed by atoms with Gasteiger partial charge >= 0.3 is 0 Å². The number of carbonyl (C=O) groups excluding carboxylic acids is 1. The van der Waals surface area contributed by atoms with Gasteiger partial charge in [-0.25, -0.2) is 0 Å². The Bertz CT molecular complexity index is 849. The maximum Gasteiger partial charge on any atom is 0.265 e. The Morgan fingerprint density at radius 3 is 2.54 bits per heavy atom. The Morgan fingerprint density at radius 1 is 1.12 bits per heavy atom. The zero-order chi connectivity index (χ0) is 18.5. The number of carbonyl (C=O) groups is 1. The smallest absolute Gasteiger partial charge is 0.265 e. The van der Waals surface area contributed by atoms with Gasteiger partial charge in [-0.15, -0.1) is 0 Å². The minimum absolute atomic E-state index is 0.0811. The summed E-state index contributed by atoms with van der Waals surface area (Å²) in [6, 6.07) is 15.6. The van der Waals surface area contributed by atoms with E-state index in [1.807, 2.05) is 61.5 Å². The van der Waals surface area contributed by atoms with Crippen LogP contribution in [0.3, 0.4) is 0 Å². The molecule has 4 nitrogen and oxygen atoms in total. The van der Waals surface area contributed by atoms with Gasteiger partial charge < -0.3 is 9.47 Å². The van der Waals surface area contributed by atoms with Gasteiger partial charge in [0.1, 0.15) is 10.9 Å². The molecule has 26 heavy (non-hydrogen) atoms. The molecule has 0 spiro atoms. The summed E-state index contributed by atoms with van der Waals surface area (Å²) in [5.41, 5.74) is 1.96. The van der Waals surface area contributed by atoms with E-state index in [4.69, 9.17) is 21.7 Å². The van der Waals surface area contributed by atoms with Gasteiger partial charge in [0.05, 0.1) is 11.5 Å². The lowest BCUT2D eigenvalue weighted by molar-refractivity contribution is -0.121. The Hall–Kier alpha value is -2.31. The lowest BCUT2D eigenvalue weighted by atomic mass is 10.1. The fourth-order valence-corrected chi connectivity index (χ4v) is 3.61. The average molecular weight is 386 g/mol. The Kier molecular flexibility index (Phi) is 5.96. The molecule has 0 N–H and O–H groups in total. The molecule has 6 heteroatoms. The largest absolute Gasteiger partial charge is 0.490 e. The van der Waals surface area contributed by atoms with Crippen molar-refractivity contribution >= 4 is 40.3 Å². The number of amides is 1. The molecule has 0 bridgehead atoms. The second-order valence-corrected chi connectivity index (χ2v) is 7.33. The highest BCUT2D eigenvalue weighted by molar-refractivity contribution is 8.26. The standard InChI is InChI=1S/C20H19NO3S2/c1-3-23-17-11-15(12-18-19(22)21(2)20(25)26-18)9-10-16(17)24-13-14-7-5-4-6-8-14/h4-12H,3,13H2,1-2H3/b18-12-. The number of rotatable bonds is 6. The van der Waals surface area contributed by atoms with Gasteiger partial charge in [-0.2, -0.15) is 0 Å². The lowest BCUT2D eigenvalue weighted by Crippen LogP contribution is -2.22. The zero-order valence-corrected chi connectivity index (χ0v) is 16.2. The first-order valence-electron chi connectivity index (χ1n) is 8.23. The van der Waals surface area contributed by atoms with Gasteiger partial charge in [0.25, 0.3) is 5.91 Å². The summed E-state index contributed by atoms with van der Waals surface area (Å²) in [6.45, 7) is 2.92. The van der Waals surface area contributed by atoms with Crippen molar-refractivity contribution in [2.75, 3.05) is 13.7 Å². The molecule has 0 unspecified atom stereocenters. The fourth-order valence-electron chi connectivity index (χ4n) is 2.43. The maximum absolute atomic E-state index is 12.2. The van der Waals surface area contributed by atoms with Crippen LogP contribution in [-0.2, 0) is 11.4 Å². The van der Waals surface area contributed by atoms with Gasteiger partial charge in [-0.05, 0) is 36.3 Å². The van der Waals surface area contributed by atoms with Crippen molar-refractivity contribution in [3.63, 3.8) is 0 Å². The number of likely N-dealkylation sites (N-methyl/N-ethyl adjacent to an activating group) is 1. The van der Waals surface area contributed by atoms with E-state index in [2.05, 4.69) is 0 Å². The Labute approximate surface area is 162 Å². The van der Waals surface area contributed by atoms with Crippen LogP contribution in [0, 0.1) is 0 Å². The monoisotopic (exact) mass is 385 g/mol. The van der Waals surface area contributed by atoms with Crippen LogP contribution in [0.4, 0.5) is 0 Å². The number of hydrogen-bond acceptors (Lipinski definition) is 5. The first-order chi connectivity index (χ1) is 12.6. The molecule has 1 saturated heterocycles. The van der Waals surface area contributed by atoms with Crippen molar-refractivity contribution in [3.05, 3.63) is 64.6 Å². The van der Waals surface area contributed by atoms with Crippen LogP contribution in [0.2, 0.25) is 0 Å². The lowest BCUT2D eigenvalue weighted by Gasteiger charge is -2.13. The minimum atomic E-state index is -0.0811. The second kappa shape index (κ2) is 8.38. The highest BCUT2D eigenvalue weighted by Gasteiger charge is 2.28. The summed E-state index contributed by atoms with van der Waals surface area (Å²) in [6.07, 6.45) is 1.83. The molecule has 0 saturated carbocycles. The third-order valence-electron chi connectivity index (χ3n) is 3.79. The van der Waals surface area contributed by atoms with Crippen LogP contribution in [0.25, 0.3) is 6.08 Å². The topological polar surface area (TPSA) is 38.8 Å². The van der Waals surface area contributed by atoms with Gasteiger partial charge in [0, 0.05) is 7.05 Å². The van der Waals surface area contributed by atoms with E-state index in [9.17, 15) is 4.79 Å². The van der Waals surface area contributed by atoms with Gasteiger partial charge in [0.15, 0.2) is 11.5 Å². The highest BCUT2D eigenvalue weighted by Crippen LogP contribution is 2.34. The van der Waals surface area contributed by atoms with Crippen LogP contribution in [0.15, 0.2) is 53.4 Å². The van der Waals surface area contributed by atoms with E-state index in [0.717, 1.165) is 11.1 Å². The van der Waals surface area contributed by atoms with Crippen LogP contribution in [0.1, 0.15) is 18.1 Å². The molecule has 0 radical (unpaired) electrons. The minimum Gasteiger partial charge on any atom is -0.490 e. The molecular formula is C20H19NO3S2. The quantitative estimate of drug-likeness (QED) is 0.541. The molecule has 134 valence electrons. The predicted molar refractivity (Wildman–Crippen MR) is 109 cm³/mol. The van der Waals surface area contributed by atoms with E-state index >= 15 is 0 Å². The van der Waals surface area contributed by atoms with E-state index in [-0.39, 0.29) is 5.91 Å². The number of benzene rings is 2. The SMILES string of the molecule is CCOc1cc(/C=C2\SC(=S)N(C)C2=O)ccc1OCc1ccccc1. The van der Waals surface area contributed by atoms with Crippen molar-refractivity contribution in [1.29, 1.82) is 0 Å². The number of thiocarbonyl (C=S) groups is 1. The second-order valence-electron chi connectivity index (χ2n) is 5.65. The molecule has 2 aromatic rings. The molecular weight excluding hydrogens is 366 g/mol. The molecule has 0 atom stereocenters. The highest BCUT2D eigenvalue weighted by atomic mass is 32.2. The van der Waals surface area contributed by atoms with Gasteiger partial charge in [-0.1, -0.05) is 60.4 Å². The number of ether oxygens (including phenoxy) is 2.